The summed E-state index contributed by atoms with van der Waals surface area (Å²) in [7, 11) is 0. The van der Waals surface area contributed by atoms with Gasteiger partial charge in [-0.1, -0.05) is 31.9 Å². The van der Waals surface area contributed by atoms with E-state index in [0.29, 0.717) is 5.92 Å². The van der Waals surface area contributed by atoms with Crippen molar-refractivity contribution in [2.75, 3.05) is 13.2 Å². The Morgan fingerprint density at radius 1 is 1.26 bits per heavy atom. The van der Waals surface area contributed by atoms with E-state index in [-0.39, 0.29) is 6.29 Å². The van der Waals surface area contributed by atoms with Crippen LogP contribution in [0.25, 0.3) is 0 Å². The van der Waals surface area contributed by atoms with Gasteiger partial charge in [-0.25, -0.2) is 0 Å². The van der Waals surface area contributed by atoms with Gasteiger partial charge in [0, 0.05) is 11.5 Å². The highest BCUT2D eigenvalue weighted by Crippen LogP contribution is 2.28. The van der Waals surface area contributed by atoms with Crippen molar-refractivity contribution in [1.82, 2.24) is 0 Å². The Kier molecular flexibility index (Phi) is 5.67. The monoisotopic (exact) mass is 277 g/mol. The molecule has 0 bridgehead atoms. The Balaban J connectivity index is 1.88. The number of hydrogen-bond acceptors (Lipinski definition) is 4. The maximum atomic E-state index is 5.78. The van der Waals surface area contributed by atoms with E-state index in [0.717, 1.165) is 24.5 Å². The van der Waals surface area contributed by atoms with Gasteiger partial charge >= 0.3 is 0 Å². The minimum atomic E-state index is -0.247. The molecule has 3 nitrogen and oxygen atoms in total. The van der Waals surface area contributed by atoms with Crippen molar-refractivity contribution in [1.29, 1.82) is 0 Å². The average molecular weight is 277 g/mol. The van der Waals surface area contributed by atoms with Crippen LogP contribution in [0.15, 0.2) is 29.3 Å². The number of isothiocyanates is 1. The topological polar surface area (TPSA) is 30.8 Å². The Hall–Kier alpha value is -1.06. The summed E-state index contributed by atoms with van der Waals surface area (Å²) in [5.41, 5.74) is 1.83. The molecule has 0 aliphatic carbocycles. The molecule has 1 heterocycles. The molecule has 19 heavy (non-hydrogen) atoms. The number of ether oxygens (including phenoxy) is 2. The van der Waals surface area contributed by atoms with E-state index in [1.165, 1.54) is 19.3 Å². The van der Waals surface area contributed by atoms with Crippen LogP contribution in [-0.2, 0) is 9.47 Å². The third kappa shape index (κ3) is 4.22. The summed E-state index contributed by atoms with van der Waals surface area (Å²) in [6.07, 6.45) is 3.41. The molecule has 0 unspecified atom stereocenters. The highest BCUT2D eigenvalue weighted by molar-refractivity contribution is 7.78. The van der Waals surface area contributed by atoms with E-state index in [1.807, 2.05) is 24.3 Å². The molecule has 1 aliphatic rings. The van der Waals surface area contributed by atoms with Gasteiger partial charge in [0.15, 0.2) is 6.29 Å². The SMILES string of the molecule is CCCCC1COC(c2ccc(N=C=S)cc2)OC1. The van der Waals surface area contributed by atoms with Gasteiger partial charge in [-0.15, -0.1) is 0 Å². The van der Waals surface area contributed by atoms with E-state index in [2.05, 4.69) is 29.3 Å². The minimum absolute atomic E-state index is 0.247. The standard InChI is InChI=1S/C15H19NO2S/c1-2-3-4-12-9-17-15(18-10-12)13-5-7-14(8-6-13)16-11-19/h5-8,12,15H,2-4,9-10H2,1H3. The highest BCUT2D eigenvalue weighted by atomic mass is 32.1. The van der Waals surface area contributed by atoms with E-state index >= 15 is 0 Å². The molecule has 1 saturated heterocycles. The molecule has 0 aromatic heterocycles. The summed E-state index contributed by atoms with van der Waals surface area (Å²) in [5.74, 6) is 0.537. The molecule has 0 atom stereocenters. The van der Waals surface area contributed by atoms with Gasteiger partial charge in [0.2, 0.25) is 0 Å². The van der Waals surface area contributed by atoms with Crippen molar-refractivity contribution >= 4 is 23.1 Å². The first kappa shape index (κ1) is 14.4. The molecule has 0 amide bonds. The molecule has 0 radical (unpaired) electrons. The van der Waals surface area contributed by atoms with E-state index < -0.39 is 0 Å². The van der Waals surface area contributed by atoms with Gasteiger partial charge in [0.25, 0.3) is 0 Å². The first-order valence-corrected chi connectivity index (χ1v) is 7.15. The average Bonchev–Trinajstić information content (AvgIpc) is 2.47. The Labute approximate surface area is 119 Å². The summed E-state index contributed by atoms with van der Waals surface area (Å²) in [4.78, 5) is 3.92. The summed E-state index contributed by atoms with van der Waals surface area (Å²) >= 11 is 4.57. The van der Waals surface area contributed by atoms with Crippen LogP contribution in [0.5, 0.6) is 0 Å². The van der Waals surface area contributed by atoms with Crippen molar-refractivity contribution in [3.63, 3.8) is 0 Å². The largest absolute Gasteiger partial charge is 0.348 e. The minimum Gasteiger partial charge on any atom is -0.348 e. The third-order valence-corrected chi connectivity index (χ3v) is 3.36. The van der Waals surface area contributed by atoms with Gasteiger partial charge in [-0.2, -0.15) is 4.99 Å². The third-order valence-electron chi connectivity index (χ3n) is 3.27. The van der Waals surface area contributed by atoms with Gasteiger partial charge in [0.05, 0.1) is 24.1 Å². The van der Waals surface area contributed by atoms with Crippen molar-refractivity contribution in [2.45, 2.75) is 32.5 Å². The molecule has 0 N–H and O–H groups in total. The molecule has 0 saturated carbocycles. The van der Waals surface area contributed by atoms with Crippen molar-refractivity contribution in [3.05, 3.63) is 29.8 Å². The fourth-order valence-electron chi connectivity index (χ4n) is 2.15. The molecule has 1 aromatic rings. The first-order chi connectivity index (χ1) is 9.33. The molecule has 4 heteroatoms. The maximum absolute atomic E-state index is 5.78. The zero-order valence-electron chi connectivity index (χ0n) is 11.2. The molecule has 2 rings (SSSR count). The van der Waals surface area contributed by atoms with Crippen LogP contribution < -0.4 is 0 Å². The number of hydrogen-bond donors (Lipinski definition) is 0. The molecule has 0 spiro atoms. The quantitative estimate of drug-likeness (QED) is 0.595. The van der Waals surface area contributed by atoms with E-state index in [1.54, 1.807) is 0 Å². The Bertz CT molecular complexity index is 432. The van der Waals surface area contributed by atoms with Crippen LogP contribution in [0.2, 0.25) is 0 Å². The fourth-order valence-corrected chi connectivity index (χ4v) is 2.26. The lowest BCUT2D eigenvalue weighted by molar-refractivity contribution is -0.206. The molecular formula is C15H19NO2S. The van der Waals surface area contributed by atoms with Gasteiger partial charge in [0.1, 0.15) is 0 Å². The lowest BCUT2D eigenvalue weighted by Gasteiger charge is -2.29. The number of thiocarbonyl (C=S) groups is 1. The zero-order chi connectivity index (χ0) is 13.5. The van der Waals surface area contributed by atoms with Crippen molar-refractivity contribution < 1.29 is 9.47 Å². The molecule has 1 fully saturated rings. The smallest absolute Gasteiger partial charge is 0.183 e. The highest BCUT2D eigenvalue weighted by Gasteiger charge is 2.22. The second-order valence-electron chi connectivity index (χ2n) is 4.80. The lowest BCUT2D eigenvalue weighted by atomic mass is 10.0. The second-order valence-corrected chi connectivity index (χ2v) is 4.98. The summed E-state index contributed by atoms with van der Waals surface area (Å²) in [6, 6.07) is 7.71. The van der Waals surface area contributed by atoms with Crippen LogP contribution in [-0.4, -0.2) is 18.4 Å². The number of benzene rings is 1. The predicted molar refractivity (Wildman–Crippen MR) is 78.8 cm³/mol. The van der Waals surface area contributed by atoms with Crippen LogP contribution >= 0.6 is 12.2 Å². The maximum Gasteiger partial charge on any atom is 0.183 e. The lowest BCUT2D eigenvalue weighted by Crippen LogP contribution is -2.27. The van der Waals surface area contributed by atoms with Gasteiger partial charge in [-0.3, -0.25) is 0 Å². The Morgan fingerprint density at radius 3 is 2.53 bits per heavy atom. The fraction of sp³-hybridized carbons (Fsp3) is 0.533. The number of nitrogens with zero attached hydrogens (tertiary/aromatic N) is 1. The van der Waals surface area contributed by atoms with Crippen molar-refractivity contribution in [2.24, 2.45) is 10.9 Å². The Morgan fingerprint density at radius 2 is 1.95 bits per heavy atom. The van der Waals surface area contributed by atoms with Crippen LogP contribution in [0.1, 0.15) is 38.0 Å². The summed E-state index contributed by atoms with van der Waals surface area (Å²) in [6.45, 7) is 3.77. The van der Waals surface area contributed by atoms with E-state index in [4.69, 9.17) is 9.47 Å². The number of rotatable bonds is 5. The summed E-state index contributed by atoms with van der Waals surface area (Å²) in [5, 5.41) is 2.35. The predicted octanol–water partition coefficient (Wildman–Crippen LogP) is 4.27. The van der Waals surface area contributed by atoms with Crippen LogP contribution in [0, 0.1) is 5.92 Å². The zero-order valence-corrected chi connectivity index (χ0v) is 12.0. The molecule has 102 valence electrons. The van der Waals surface area contributed by atoms with Crippen LogP contribution in [0.3, 0.4) is 0 Å². The summed E-state index contributed by atoms with van der Waals surface area (Å²) < 4.78 is 11.6. The second kappa shape index (κ2) is 7.51. The van der Waals surface area contributed by atoms with Crippen LogP contribution in [0.4, 0.5) is 5.69 Å². The number of aliphatic imine (C=N–C) groups is 1. The van der Waals surface area contributed by atoms with E-state index in [9.17, 15) is 0 Å². The van der Waals surface area contributed by atoms with Crippen molar-refractivity contribution in [3.8, 4) is 0 Å². The first-order valence-electron chi connectivity index (χ1n) is 6.74. The molecular weight excluding hydrogens is 258 g/mol. The van der Waals surface area contributed by atoms with Gasteiger partial charge < -0.3 is 9.47 Å². The molecule has 1 aromatic carbocycles. The van der Waals surface area contributed by atoms with Gasteiger partial charge in [-0.05, 0) is 30.8 Å². The molecule has 1 aliphatic heterocycles. The number of unbranched alkanes of at least 4 members (excludes halogenated alkanes) is 1. The normalized spacial score (nSPS) is 22.8.